The molecule has 0 spiro atoms. The maximum atomic E-state index is 2.70. The Balaban J connectivity index is 2.04. The molecule has 2 heteroatoms. The van der Waals surface area contributed by atoms with Crippen LogP contribution in [0.2, 0.25) is 0 Å². The lowest BCUT2D eigenvalue weighted by molar-refractivity contribution is 0.135. The molecule has 43 heavy (non-hydrogen) atoms. The number of hydrogen-bond donors (Lipinski definition) is 0. The first kappa shape index (κ1) is 40.4. The van der Waals surface area contributed by atoms with Crippen molar-refractivity contribution in [3.05, 3.63) is 12.4 Å². The minimum atomic E-state index is 0.640. The summed E-state index contributed by atoms with van der Waals surface area (Å²) in [6.07, 6.45) is 53.0. The second kappa shape index (κ2) is 32.7. The second-order valence-electron chi connectivity index (χ2n) is 14.3. The summed E-state index contributed by atoms with van der Waals surface area (Å²) in [6, 6.07) is 0. The molecule has 256 valence electrons. The zero-order chi connectivity index (χ0) is 30.9. The smallest absolute Gasteiger partial charge is 0.101 e. The van der Waals surface area contributed by atoms with E-state index in [4.69, 9.17) is 0 Å². The monoisotopic (exact) mass is 603 g/mol. The van der Waals surface area contributed by atoms with Crippen molar-refractivity contribution in [1.29, 1.82) is 0 Å². The van der Waals surface area contributed by atoms with Gasteiger partial charge >= 0.3 is 0 Å². The van der Waals surface area contributed by atoms with Gasteiger partial charge in [-0.15, -0.1) is 0 Å². The third-order valence-electron chi connectivity index (χ3n) is 10.1. The Kier molecular flexibility index (Phi) is 30.7. The van der Waals surface area contributed by atoms with Crippen LogP contribution in [-0.2, 0) is 0 Å². The van der Waals surface area contributed by atoms with E-state index in [0.29, 0.717) is 6.17 Å². The first-order valence-electron chi connectivity index (χ1n) is 20.5. The van der Waals surface area contributed by atoms with Gasteiger partial charge in [0.2, 0.25) is 0 Å². The lowest BCUT2D eigenvalue weighted by Gasteiger charge is -2.33. The molecule has 0 bridgehead atoms. The molecule has 2 nitrogen and oxygen atoms in total. The molecule has 1 rings (SSSR count). The van der Waals surface area contributed by atoms with Crippen molar-refractivity contribution in [2.75, 3.05) is 13.1 Å². The van der Waals surface area contributed by atoms with Crippen molar-refractivity contribution in [3.63, 3.8) is 0 Å². The fraction of sp³-hybridized carbons (Fsp3) is 0.951. The first-order chi connectivity index (χ1) is 21.3. The highest BCUT2D eigenvalue weighted by atomic mass is 15.4. The van der Waals surface area contributed by atoms with E-state index in [1.54, 1.807) is 0 Å². The van der Waals surface area contributed by atoms with Gasteiger partial charge in [-0.05, 0) is 25.7 Å². The van der Waals surface area contributed by atoms with E-state index in [2.05, 4.69) is 43.0 Å². The third-order valence-corrected chi connectivity index (χ3v) is 10.1. The fourth-order valence-corrected chi connectivity index (χ4v) is 7.07. The Hall–Kier alpha value is -0.660. The Morgan fingerprint density at radius 1 is 0.302 bits per heavy atom. The van der Waals surface area contributed by atoms with Gasteiger partial charge in [0.1, 0.15) is 6.17 Å². The molecule has 0 saturated heterocycles. The molecular formula is C41H82N2. The van der Waals surface area contributed by atoms with Crippen LogP contribution in [0, 0.1) is 0 Å². The lowest BCUT2D eigenvalue weighted by atomic mass is 10.0. The van der Waals surface area contributed by atoms with Gasteiger partial charge in [-0.3, -0.25) is 0 Å². The zero-order valence-corrected chi connectivity index (χ0v) is 30.4. The summed E-state index contributed by atoms with van der Waals surface area (Å²) >= 11 is 0. The van der Waals surface area contributed by atoms with Crippen LogP contribution >= 0.6 is 0 Å². The Bertz CT molecular complexity index is 558. The molecule has 1 unspecified atom stereocenters. The number of nitrogens with zero attached hydrogens (tertiary/aromatic N) is 2. The third kappa shape index (κ3) is 25.2. The summed E-state index contributed by atoms with van der Waals surface area (Å²) in [5, 5.41) is 0. The van der Waals surface area contributed by atoms with Crippen LogP contribution in [0.4, 0.5) is 0 Å². The average Bonchev–Trinajstić information content (AvgIpc) is 3.40. The maximum Gasteiger partial charge on any atom is 0.101 e. The zero-order valence-electron chi connectivity index (χ0n) is 30.4. The van der Waals surface area contributed by atoms with E-state index >= 15 is 0 Å². The summed E-state index contributed by atoms with van der Waals surface area (Å²) in [5.41, 5.74) is 0. The van der Waals surface area contributed by atoms with E-state index in [9.17, 15) is 0 Å². The van der Waals surface area contributed by atoms with Gasteiger partial charge in [0, 0.05) is 25.5 Å². The molecule has 0 fully saturated rings. The molecule has 1 aliphatic heterocycles. The molecule has 0 aromatic carbocycles. The summed E-state index contributed by atoms with van der Waals surface area (Å²) in [5.74, 6) is 0. The van der Waals surface area contributed by atoms with Gasteiger partial charge in [-0.25, -0.2) is 0 Å². The van der Waals surface area contributed by atoms with E-state index < -0.39 is 0 Å². The minimum absolute atomic E-state index is 0.640. The summed E-state index contributed by atoms with van der Waals surface area (Å²) in [4.78, 5) is 5.39. The van der Waals surface area contributed by atoms with Crippen LogP contribution in [0.5, 0.6) is 0 Å². The Labute approximate surface area is 273 Å². The molecule has 0 aliphatic carbocycles. The molecule has 0 amide bonds. The van der Waals surface area contributed by atoms with E-state index in [-0.39, 0.29) is 0 Å². The maximum absolute atomic E-state index is 2.70. The van der Waals surface area contributed by atoms with Gasteiger partial charge in [0.25, 0.3) is 0 Å². The van der Waals surface area contributed by atoms with Gasteiger partial charge in [0.05, 0.1) is 0 Å². The summed E-state index contributed by atoms with van der Waals surface area (Å²) < 4.78 is 0. The molecule has 1 aliphatic rings. The fourth-order valence-electron chi connectivity index (χ4n) is 7.07. The quantitative estimate of drug-likeness (QED) is 0.0666. The predicted octanol–water partition coefficient (Wildman–Crippen LogP) is 14.3. The normalized spacial score (nSPS) is 14.9. The van der Waals surface area contributed by atoms with Gasteiger partial charge in [0.15, 0.2) is 0 Å². The number of unbranched alkanes of at least 4 members (excludes halogenated alkanes) is 29. The van der Waals surface area contributed by atoms with Crippen LogP contribution in [0.3, 0.4) is 0 Å². The molecular weight excluding hydrogens is 520 g/mol. The first-order valence-corrected chi connectivity index (χ1v) is 20.5. The molecule has 0 saturated carbocycles. The lowest BCUT2D eigenvalue weighted by Crippen LogP contribution is -2.39. The van der Waals surface area contributed by atoms with E-state index in [0.717, 1.165) is 0 Å². The minimum Gasteiger partial charge on any atom is -0.356 e. The molecule has 0 N–H and O–H groups in total. The van der Waals surface area contributed by atoms with Crippen molar-refractivity contribution >= 4 is 0 Å². The van der Waals surface area contributed by atoms with E-state index in [1.165, 1.54) is 225 Å². The van der Waals surface area contributed by atoms with Crippen LogP contribution in [0.25, 0.3) is 0 Å². The number of hydrogen-bond acceptors (Lipinski definition) is 2. The van der Waals surface area contributed by atoms with Crippen LogP contribution in [0.1, 0.15) is 233 Å². The summed E-state index contributed by atoms with van der Waals surface area (Å²) in [7, 11) is 0. The van der Waals surface area contributed by atoms with Crippen molar-refractivity contribution in [2.24, 2.45) is 0 Å². The largest absolute Gasteiger partial charge is 0.356 e. The highest BCUT2D eigenvalue weighted by Crippen LogP contribution is 2.24. The Morgan fingerprint density at radius 2 is 0.535 bits per heavy atom. The molecule has 1 atom stereocenters. The highest BCUT2D eigenvalue weighted by Gasteiger charge is 2.24. The topological polar surface area (TPSA) is 6.48 Å². The van der Waals surface area contributed by atoms with Gasteiger partial charge in [-0.1, -0.05) is 207 Å². The van der Waals surface area contributed by atoms with Gasteiger partial charge in [-0.2, -0.15) is 0 Å². The molecule has 0 aromatic heterocycles. The van der Waals surface area contributed by atoms with Crippen LogP contribution < -0.4 is 0 Å². The average molecular weight is 603 g/mol. The van der Waals surface area contributed by atoms with Crippen molar-refractivity contribution in [3.8, 4) is 0 Å². The van der Waals surface area contributed by atoms with Crippen LogP contribution in [-0.4, -0.2) is 29.1 Å². The summed E-state index contributed by atoms with van der Waals surface area (Å²) in [6.45, 7) is 9.47. The predicted molar refractivity (Wildman–Crippen MR) is 196 cm³/mol. The highest BCUT2D eigenvalue weighted by molar-refractivity contribution is 4.97. The molecule has 0 aromatic rings. The number of rotatable bonds is 35. The molecule has 1 heterocycles. The SMILES string of the molecule is CCCCCCCCCCCCCCCCCCCN1C=CN(CCCCC)C1CCCCCCCCCCCCCC. The van der Waals surface area contributed by atoms with Gasteiger partial charge < -0.3 is 9.80 Å². The second-order valence-corrected chi connectivity index (χ2v) is 14.3. The van der Waals surface area contributed by atoms with Crippen molar-refractivity contribution in [2.45, 2.75) is 239 Å². The van der Waals surface area contributed by atoms with Crippen molar-refractivity contribution in [1.82, 2.24) is 9.80 Å². The van der Waals surface area contributed by atoms with Crippen molar-refractivity contribution < 1.29 is 0 Å². The Morgan fingerprint density at radius 3 is 0.860 bits per heavy atom. The van der Waals surface area contributed by atoms with E-state index in [1.807, 2.05) is 0 Å². The molecule has 0 radical (unpaired) electrons. The standard InChI is InChI=1S/C41H82N2/c1-4-7-10-12-14-16-18-20-21-22-23-24-26-28-30-32-35-38-43-40-39-42(37-34-9-6-3)41(43)36-33-31-29-27-25-19-17-15-13-11-8-5-2/h39-41H,4-38H2,1-3H3. The van der Waals surface area contributed by atoms with Crippen LogP contribution in [0.15, 0.2) is 12.4 Å².